The Bertz CT molecular complexity index is 524. The van der Waals surface area contributed by atoms with Crippen molar-refractivity contribution in [2.24, 2.45) is 3.77 Å². The van der Waals surface area contributed by atoms with Crippen LogP contribution in [0.2, 0.25) is 0 Å². The lowest BCUT2D eigenvalue weighted by Gasteiger charge is -2.24. The first-order valence-corrected chi connectivity index (χ1v) is 7.55. The Labute approximate surface area is 105 Å². The van der Waals surface area contributed by atoms with E-state index in [-0.39, 0.29) is 4.31 Å². The van der Waals surface area contributed by atoms with Crippen LogP contribution in [0.3, 0.4) is 0 Å². The monoisotopic (exact) mass is 336 g/mol. The second-order valence-electron chi connectivity index (χ2n) is 3.05. The molecule has 5 nitrogen and oxygen atoms in total. The maximum absolute atomic E-state index is 12.6. The number of alkyl halides is 6. The minimum atomic E-state index is -6.52. The van der Waals surface area contributed by atoms with Gasteiger partial charge in [-0.2, -0.15) is 34.8 Å². The number of hydrogen-bond acceptors (Lipinski definition) is 3. The van der Waals surface area contributed by atoms with E-state index >= 15 is 0 Å². The third-order valence-corrected chi connectivity index (χ3v) is 5.85. The van der Waals surface area contributed by atoms with Gasteiger partial charge in [-0.05, 0) is 0 Å². The molecule has 0 saturated carbocycles. The van der Waals surface area contributed by atoms with Crippen molar-refractivity contribution >= 4 is 19.9 Å². The summed E-state index contributed by atoms with van der Waals surface area (Å²) in [5.74, 6) is 0. The fraction of sp³-hybridized carbons (Fsp3) is 1.00. The molecule has 0 amide bonds. The number of hydrogen-bond donors (Lipinski definition) is 0. The lowest BCUT2D eigenvalue weighted by molar-refractivity contribution is -0.0461. The molecule has 0 fully saturated rings. The van der Waals surface area contributed by atoms with Gasteiger partial charge in [-0.25, -0.2) is 8.51 Å². The zero-order valence-electron chi connectivity index (χ0n) is 9.62. The van der Waals surface area contributed by atoms with Crippen molar-refractivity contribution < 1.29 is 39.0 Å². The third-order valence-electron chi connectivity index (χ3n) is 1.85. The molecule has 0 aliphatic carbocycles. The summed E-state index contributed by atoms with van der Waals surface area (Å²) in [5, 5.41) is 0. The summed E-state index contributed by atoms with van der Waals surface area (Å²) in [4.78, 5) is 0. The second kappa shape index (κ2) is 5.44. The molecule has 0 N–H and O–H groups in total. The van der Waals surface area contributed by atoms with E-state index in [9.17, 15) is 39.0 Å². The first kappa shape index (κ1) is 18.4. The summed E-state index contributed by atoms with van der Waals surface area (Å²) in [6.45, 7) is 0.965. The molecule has 13 heteroatoms. The Morgan fingerprint density at radius 1 is 0.895 bits per heavy atom. The molecule has 0 aromatic heterocycles. The molecule has 0 aliphatic rings. The summed E-state index contributed by atoms with van der Waals surface area (Å²) >= 11 is 0. The van der Waals surface area contributed by atoms with Gasteiger partial charge < -0.3 is 0 Å². The van der Waals surface area contributed by atoms with Crippen molar-refractivity contribution in [3.8, 4) is 0 Å². The van der Waals surface area contributed by atoms with E-state index in [2.05, 4.69) is 0 Å². The zero-order valence-corrected chi connectivity index (χ0v) is 11.3. The van der Waals surface area contributed by atoms with E-state index in [0.29, 0.717) is 0 Å². The fourth-order valence-corrected chi connectivity index (χ4v) is 4.09. The van der Waals surface area contributed by atoms with Crippen molar-refractivity contribution in [1.29, 1.82) is 0 Å². The predicted octanol–water partition coefficient (Wildman–Crippen LogP) is 2.08. The van der Waals surface area contributed by atoms with Crippen LogP contribution in [0, 0.1) is 0 Å². The Balaban J connectivity index is 6.31. The number of nitrogens with zero attached hydrogens (tertiary/aromatic N) is 2. The van der Waals surface area contributed by atoms with Crippen LogP contribution in [0.15, 0.2) is 3.77 Å². The standard InChI is InChI=1S/C6H10F6N2O3S2/c1-3-14(4-2)18(15,5(7,8)9)13-19(16,17)6(10,11)12/h3-4H2,1-2H3. The van der Waals surface area contributed by atoms with Crippen molar-refractivity contribution in [2.45, 2.75) is 24.9 Å². The fourth-order valence-electron chi connectivity index (χ4n) is 0.985. The highest BCUT2D eigenvalue weighted by molar-refractivity contribution is 8.02. The SMILES string of the molecule is CCN(CC)S(=O)(=NS(=O)(=O)C(F)(F)F)C(F)(F)F. The molecule has 1 atom stereocenters. The lowest BCUT2D eigenvalue weighted by Crippen LogP contribution is -2.41. The van der Waals surface area contributed by atoms with Gasteiger partial charge in [0, 0.05) is 13.1 Å². The van der Waals surface area contributed by atoms with Crippen molar-refractivity contribution in [2.75, 3.05) is 13.1 Å². The number of rotatable bonds is 4. The van der Waals surface area contributed by atoms with Crippen LogP contribution in [0.1, 0.15) is 13.8 Å². The normalized spacial score (nSPS) is 17.3. The van der Waals surface area contributed by atoms with Gasteiger partial charge in [0.25, 0.3) is 0 Å². The topological polar surface area (TPSA) is 66.8 Å². The molecule has 0 radical (unpaired) electrons. The average molecular weight is 336 g/mol. The van der Waals surface area contributed by atoms with Crippen LogP contribution in [0.25, 0.3) is 0 Å². The van der Waals surface area contributed by atoms with E-state index in [1.54, 1.807) is 3.77 Å². The highest BCUT2D eigenvalue weighted by Gasteiger charge is 2.53. The van der Waals surface area contributed by atoms with Gasteiger partial charge in [-0.15, -0.1) is 0 Å². The Kier molecular flexibility index (Phi) is 5.28. The average Bonchev–Trinajstić information content (AvgIpc) is 2.14. The van der Waals surface area contributed by atoms with Gasteiger partial charge >= 0.3 is 21.0 Å². The Hall–Kier alpha value is -0.560. The smallest absolute Gasteiger partial charge is 0.223 e. The van der Waals surface area contributed by atoms with Gasteiger partial charge in [0.2, 0.25) is 9.92 Å². The van der Waals surface area contributed by atoms with Gasteiger partial charge in [0.1, 0.15) is 0 Å². The van der Waals surface area contributed by atoms with E-state index in [1.807, 2.05) is 0 Å². The van der Waals surface area contributed by atoms with Crippen LogP contribution in [-0.2, 0) is 19.9 Å². The predicted molar refractivity (Wildman–Crippen MR) is 54.5 cm³/mol. The minimum Gasteiger partial charge on any atom is -0.223 e. The summed E-state index contributed by atoms with van der Waals surface area (Å²) in [7, 11) is -12.3. The first-order chi connectivity index (χ1) is 8.23. The molecule has 0 spiro atoms. The molecular weight excluding hydrogens is 326 g/mol. The van der Waals surface area contributed by atoms with Gasteiger partial charge in [-0.1, -0.05) is 17.6 Å². The Morgan fingerprint density at radius 2 is 1.26 bits per heavy atom. The second-order valence-corrected chi connectivity index (χ2v) is 7.03. The van der Waals surface area contributed by atoms with Crippen LogP contribution < -0.4 is 0 Å². The number of halogens is 6. The summed E-state index contributed by atoms with van der Waals surface area (Å²) in [6.07, 6.45) is 0. The molecule has 0 bridgehead atoms. The minimum absolute atomic E-state index is 0.0102. The molecule has 0 heterocycles. The van der Waals surface area contributed by atoms with E-state index in [0.717, 1.165) is 13.8 Å². The maximum atomic E-state index is 12.6. The van der Waals surface area contributed by atoms with Gasteiger partial charge in [-0.3, -0.25) is 0 Å². The van der Waals surface area contributed by atoms with Crippen molar-refractivity contribution in [1.82, 2.24) is 4.31 Å². The lowest BCUT2D eigenvalue weighted by atomic mass is 10.7. The van der Waals surface area contributed by atoms with E-state index in [1.165, 1.54) is 0 Å². The van der Waals surface area contributed by atoms with Crippen LogP contribution in [0.4, 0.5) is 26.3 Å². The summed E-state index contributed by atoms with van der Waals surface area (Å²) in [5.41, 5.74) is -11.8. The van der Waals surface area contributed by atoms with Gasteiger partial charge in [0.15, 0.2) is 0 Å². The van der Waals surface area contributed by atoms with Crippen molar-refractivity contribution in [3.05, 3.63) is 0 Å². The molecular formula is C6H10F6N2O3S2. The molecule has 19 heavy (non-hydrogen) atoms. The van der Waals surface area contributed by atoms with Crippen LogP contribution >= 0.6 is 0 Å². The van der Waals surface area contributed by atoms with Crippen LogP contribution in [-0.4, -0.2) is 41.0 Å². The molecule has 0 saturated heterocycles. The van der Waals surface area contributed by atoms with E-state index < -0.39 is 44.0 Å². The quantitative estimate of drug-likeness (QED) is 0.738. The molecule has 0 aromatic rings. The molecule has 0 aliphatic heterocycles. The molecule has 116 valence electrons. The summed E-state index contributed by atoms with van der Waals surface area (Å²) in [6, 6.07) is 0. The maximum Gasteiger partial charge on any atom is 0.519 e. The van der Waals surface area contributed by atoms with Crippen molar-refractivity contribution in [3.63, 3.8) is 0 Å². The highest BCUT2D eigenvalue weighted by atomic mass is 32.3. The van der Waals surface area contributed by atoms with Crippen LogP contribution in [0.5, 0.6) is 0 Å². The Morgan fingerprint density at radius 3 is 1.47 bits per heavy atom. The highest BCUT2D eigenvalue weighted by Crippen LogP contribution is 2.33. The number of sulfonamides is 1. The molecule has 0 aromatic carbocycles. The third kappa shape index (κ3) is 3.72. The molecule has 1 unspecified atom stereocenters. The zero-order chi connectivity index (χ0) is 15.7. The van der Waals surface area contributed by atoms with Gasteiger partial charge in [0.05, 0.1) is 0 Å². The largest absolute Gasteiger partial charge is 0.519 e. The first-order valence-electron chi connectivity index (χ1n) is 4.64. The molecule has 0 rings (SSSR count). The van der Waals surface area contributed by atoms with E-state index in [4.69, 9.17) is 0 Å². The summed E-state index contributed by atoms with van der Waals surface area (Å²) < 4.78 is 108.